The molecule has 2 aliphatic rings. The highest BCUT2D eigenvalue weighted by atomic mass is 32.2. The van der Waals surface area contributed by atoms with Crippen LogP contribution >= 0.6 is 0 Å². The summed E-state index contributed by atoms with van der Waals surface area (Å²) < 4.78 is 34.8. The van der Waals surface area contributed by atoms with Crippen LogP contribution in [0.4, 0.5) is 0 Å². The summed E-state index contributed by atoms with van der Waals surface area (Å²) >= 11 is 0. The van der Waals surface area contributed by atoms with Gasteiger partial charge in [0, 0.05) is 39.4 Å². The quantitative estimate of drug-likeness (QED) is 0.407. The maximum absolute atomic E-state index is 12.2. The molecule has 2 rings (SSSR count). The van der Waals surface area contributed by atoms with E-state index in [0.29, 0.717) is 32.8 Å². The Balaban J connectivity index is 1.77. The van der Waals surface area contributed by atoms with E-state index in [4.69, 9.17) is 9.47 Å². The predicted octanol–water partition coefficient (Wildman–Crippen LogP) is 1.05. The van der Waals surface area contributed by atoms with Crippen LogP contribution in [0.1, 0.15) is 40.0 Å². The normalized spacial score (nSPS) is 26.0. The molecule has 2 saturated heterocycles. The number of aliphatic imine (C=N–C) groups is 1. The highest BCUT2D eigenvalue weighted by Crippen LogP contribution is 2.23. The van der Waals surface area contributed by atoms with Crippen LogP contribution < -0.4 is 5.32 Å². The summed E-state index contributed by atoms with van der Waals surface area (Å²) in [6.07, 6.45) is 3.33. The fourth-order valence-corrected chi connectivity index (χ4v) is 4.46. The van der Waals surface area contributed by atoms with Gasteiger partial charge in [0.2, 0.25) is 0 Å². The average molecular weight is 376 g/mol. The van der Waals surface area contributed by atoms with Crippen molar-refractivity contribution in [3.8, 4) is 0 Å². The number of nitrogens with zero attached hydrogens (tertiary/aromatic N) is 2. The minimum atomic E-state index is -3.04. The zero-order valence-corrected chi connectivity index (χ0v) is 16.6. The summed E-state index contributed by atoms with van der Waals surface area (Å²) in [5, 5.41) is 3.27. The number of hydrogen-bond acceptors (Lipinski definition) is 5. The van der Waals surface area contributed by atoms with Crippen LogP contribution in [0.3, 0.4) is 0 Å². The smallest absolute Gasteiger partial charge is 0.193 e. The van der Waals surface area contributed by atoms with Gasteiger partial charge in [0.1, 0.15) is 0 Å². The van der Waals surface area contributed by atoms with Gasteiger partial charge in [0.15, 0.2) is 15.8 Å². The minimum Gasteiger partial charge on any atom is -0.379 e. The van der Waals surface area contributed by atoms with Crippen molar-refractivity contribution in [3.63, 3.8) is 0 Å². The first kappa shape index (κ1) is 20.5. The first-order valence-electron chi connectivity index (χ1n) is 9.30. The molecule has 2 aliphatic heterocycles. The van der Waals surface area contributed by atoms with Crippen molar-refractivity contribution in [2.45, 2.75) is 50.9 Å². The third kappa shape index (κ3) is 5.82. The van der Waals surface area contributed by atoms with Crippen LogP contribution in [0.25, 0.3) is 0 Å². The van der Waals surface area contributed by atoms with Gasteiger partial charge in [0.25, 0.3) is 0 Å². The Morgan fingerprint density at radius 1 is 1.44 bits per heavy atom. The number of ether oxygens (including phenoxy) is 2. The number of nitrogens with one attached hydrogen (secondary N) is 1. The number of sulfone groups is 1. The Hall–Kier alpha value is -0.860. The molecule has 1 N–H and O–H groups in total. The number of hydrogen-bond donors (Lipinski definition) is 1. The van der Waals surface area contributed by atoms with Crippen LogP contribution in [0.5, 0.6) is 0 Å². The first-order chi connectivity index (χ1) is 11.9. The average Bonchev–Trinajstić information content (AvgIpc) is 3.06. The van der Waals surface area contributed by atoms with E-state index in [-0.39, 0.29) is 11.9 Å². The zero-order valence-electron chi connectivity index (χ0n) is 15.8. The second-order valence-electron chi connectivity index (χ2n) is 7.30. The molecule has 0 saturated carbocycles. The monoisotopic (exact) mass is 375 g/mol. The Kier molecular flexibility index (Phi) is 7.51. The van der Waals surface area contributed by atoms with E-state index in [1.165, 1.54) is 0 Å². The molecule has 2 fully saturated rings. The molecule has 0 bridgehead atoms. The maximum atomic E-state index is 12.2. The SMILES string of the molecule is CCNC(=NCCCOCC1CCCO1)N1CCS(=O)(=O)C(C)(C)C1. The molecule has 0 amide bonds. The van der Waals surface area contributed by atoms with Crippen LogP contribution in [0, 0.1) is 0 Å². The molecule has 7 nitrogen and oxygen atoms in total. The largest absolute Gasteiger partial charge is 0.379 e. The Bertz CT molecular complexity index is 542. The minimum absolute atomic E-state index is 0.176. The number of rotatable bonds is 7. The molecule has 0 aromatic rings. The summed E-state index contributed by atoms with van der Waals surface area (Å²) in [5.74, 6) is 0.971. The molecule has 0 aromatic carbocycles. The molecule has 1 unspecified atom stereocenters. The molecule has 2 heterocycles. The van der Waals surface area contributed by atoms with Crippen molar-refractivity contribution < 1.29 is 17.9 Å². The third-order valence-electron chi connectivity index (χ3n) is 4.71. The molecular formula is C17H33N3O4S. The highest BCUT2D eigenvalue weighted by molar-refractivity contribution is 7.92. The highest BCUT2D eigenvalue weighted by Gasteiger charge is 2.40. The van der Waals surface area contributed by atoms with Gasteiger partial charge in [0.05, 0.1) is 23.2 Å². The van der Waals surface area contributed by atoms with Crippen LogP contribution in [0.15, 0.2) is 4.99 Å². The van der Waals surface area contributed by atoms with E-state index in [2.05, 4.69) is 15.2 Å². The second-order valence-corrected chi connectivity index (χ2v) is 10.0. The fraction of sp³-hybridized carbons (Fsp3) is 0.941. The van der Waals surface area contributed by atoms with Crippen molar-refractivity contribution in [2.75, 3.05) is 51.8 Å². The van der Waals surface area contributed by atoms with Crippen LogP contribution in [-0.4, -0.2) is 81.9 Å². The van der Waals surface area contributed by atoms with Gasteiger partial charge in [-0.15, -0.1) is 0 Å². The molecule has 0 aliphatic carbocycles. The lowest BCUT2D eigenvalue weighted by Gasteiger charge is -2.39. The maximum Gasteiger partial charge on any atom is 0.193 e. The van der Waals surface area contributed by atoms with Gasteiger partial charge >= 0.3 is 0 Å². The van der Waals surface area contributed by atoms with E-state index in [1.807, 2.05) is 6.92 Å². The van der Waals surface area contributed by atoms with E-state index in [9.17, 15) is 8.42 Å². The van der Waals surface area contributed by atoms with Crippen LogP contribution in [-0.2, 0) is 19.3 Å². The molecule has 25 heavy (non-hydrogen) atoms. The van der Waals surface area contributed by atoms with Gasteiger partial charge in [-0.3, -0.25) is 4.99 Å². The summed E-state index contributed by atoms with van der Waals surface area (Å²) in [4.78, 5) is 6.70. The summed E-state index contributed by atoms with van der Waals surface area (Å²) in [5.41, 5.74) is 0. The molecule has 1 atom stereocenters. The van der Waals surface area contributed by atoms with E-state index >= 15 is 0 Å². The van der Waals surface area contributed by atoms with E-state index in [0.717, 1.165) is 38.4 Å². The van der Waals surface area contributed by atoms with E-state index in [1.54, 1.807) is 13.8 Å². The van der Waals surface area contributed by atoms with Crippen molar-refractivity contribution in [1.82, 2.24) is 10.2 Å². The van der Waals surface area contributed by atoms with Gasteiger partial charge in [-0.25, -0.2) is 8.42 Å². The Morgan fingerprint density at radius 3 is 2.88 bits per heavy atom. The topological polar surface area (TPSA) is 80.2 Å². The van der Waals surface area contributed by atoms with Crippen molar-refractivity contribution in [2.24, 2.45) is 4.99 Å². The van der Waals surface area contributed by atoms with Crippen molar-refractivity contribution >= 4 is 15.8 Å². The van der Waals surface area contributed by atoms with Gasteiger partial charge < -0.3 is 19.7 Å². The van der Waals surface area contributed by atoms with E-state index < -0.39 is 14.6 Å². The molecule has 0 radical (unpaired) electrons. The fourth-order valence-electron chi connectivity index (χ4n) is 3.09. The Labute approximate surface area is 152 Å². The number of guanidine groups is 1. The lowest BCUT2D eigenvalue weighted by Crippen LogP contribution is -2.57. The molecule has 8 heteroatoms. The van der Waals surface area contributed by atoms with Crippen molar-refractivity contribution in [3.05, 3.63) is 0 Å². The predicted molar refractivity (Wildman–Crippen MR) is 99.8 cm³/mol. The van der Waals surface area contributed by atoms with Crippen molar-refractivity contribution in [1.29, 1.82) is 0 Å². The second kappa shape index (κ2) is 9.19. The van der Waals surface area contributed by atoms with Gasteiger partial charge in [-0.05, 0) is 40.0 Å². The van der Waals surface area contributed by atoms with Crippen LogP contribution in [0.2, 0.25) is 0 Å². The molecule has 0 spiro atoms. The summed E-state index contributed by atoms with van der Waals surface area (Å²) in [7, 11) is -3.04. The lowest BCUT2D eigenvalue weighted by atomic mass is 10.2. The molecule has 0 aromatic heterocycles. The first-order valence-corrected chi connectivity index (χ1v) is 11.0. The molecular weight excluding hydrogens is 342 g/mol. The standard InChI is InChI=1S/C17H33N3O4S/c1-4-18-16(20-9-12-25(21,22)17(2,3)14-20)19-8-6-10-23-13-15-7-5-11-24-15/h15H,4-14H2,1-3H3,(H,18,19). The van der Waals surface area contributed by atoms with Gasteiger partial charge in [-0.1, -0.05) is 0 Å². The summed E-state index contributed by atoms with van der Waals surface area (Å²) in [6.45, 7) is 10.2. The third-order valence-corrected chi connectivity index (χ3v) is 7.25. The van der Waals surface area contributed by atoms with Gasteiger partial charge in [-0.2, -0.15) is 0 Å². The molecule has 146 valence electrons. The Morgan fingerprint density at radius 2 is 2.24 bits per heavy atom. The lowest BCUT2D eigenvalue weighted by molar-refractivity contribution is 0.0170. The summed E-state index contributed by atoms with van der Waals surface area (Å²) in [6, 6.07) is 0. The zero-order chi connectivity index (χ0) is 18.3.